The van der Waals surface area contributed by atoms with E-state index in [4.69, 9.17) is 4.74 Å². The van der Waals surface area contributed by atoms with Crippen molar-refractivity contribution in [1.29, 1.82) is 0 Å². The molecule has 1 heterocycles. The van der Waals surface area contributed by atoms with E-state index in [1.165, 1.54) is 10.8 Å². The first-order chi connectivity index (χ1) is 9.54. The number of carbonyl (C=O) groups is 1. The highest BCUT2D eigenvalue weighted by Crippen LogP contribution is 2.29. The van der Waals surface area contributed by atoms with Crippen molar-refractivity contribution in [1.82, 2.24) is 4.72 Å². The molecule has 0 spiro atoms. The van der Waals surface area contributed by atoms with Gasteiger partial charge in [-0.05, 0) is 19.9 Å². The van der Waals surface area contributed by atoms with E-state index in [-0.39, 0.29) is 17.2 Å². The Bertz CT molecular complexity index is 610. The third-order valence-corrected chi connectivity index (χ3v) is 4.13. The van der Waals surface area contributed by atoms with Gasteiger partial charge in [0, 0.05) is 4.88 Å². The fourth-order valence-electron chi connectivity index (χ4n) is 1.29. The molecule has 0 radical (unpaired) electrons. The lowest BCUT2D eigenvalue weighted by Gasteiger charge is -2.11. The van der Waals surface area contributed by atoms with Gasteiger partial charge in [-0.1, -0.05) is 0 Å². The van der Waals surface area contributed by atoms with Gasteiger partial charge >= 0.3 is 12.1 Å². The summed E-state index contributed by atoms with van der Waals surface area (Å²) in [7, 11) is -4.44. The fraction of sp³-hybridized carbons (Fsp3) is 0.500. The second-order valence-corrected chi connectivity index (χ2v) is 6.62. The van der Waals surface area contributed by atoms with Gasteiger partial charge in [0.15, 0.2) is 0 Å². The van der Waals surface area contributed by atoms with Gasteiger partial charge in [0.05, 0.1) is 12.2 Å². The zero-order chi connectivity index (χ0) is 16.3. The van der Waals surface area contributed by atoms with Gasteiger partial charge in [-0.15, -0.1) is 11.3 Å². The van der Waals surface area contributed by atoms with E-state index in [2.05, 4.69) is 0 Å². The monoisotopic (exact) mass is 346 g/mol. The predicted molar refractivity (Wildman–Crippen MR) is 71.6 cm³/mol. The number of hydrogen-bond donors (Lipinski definition) is 2. The lowest BCUT2D eigenvalue weighted by atomic mass is 10.3. The molecule has 0 saturated carbocycles. The molecule has 0 atom stereocenters. The zero-order valence-corrected chi connectivity index (χ0v) is 12.7. The van der Waals surface area contributed by atoms with Gasteiger partial charge < -0.3 is 4.74 Å². The van der Waals surface area contributed by atoms with E-state index in [1.54, 1.807) is 13.8 Å². The second kappa shape index (κ2) is 6.62. The van der Waals surface area contributed by atoms with E-state index in [1.807, 2.05) is 4.72 Å². The average Bonchev–Trinajstić information content (AvgIpc) is 2.67. The lowest BCUT2D eigenvalue weighted by Crippen LogP contribution is -2.37. The summed E-state index contributed by atoms with van der Waals surface area (Å²) in [6.07, 6.45) is -4.68. The van der Waals surface area contributed by atoms with Crippen LogP contribution in [0.4, 0.5) is 18.2 Å². The number of nitrogens with one attached hydrogen (secondary N) is 2. The first-order valence-electron chi connectivity index (χ1n) is 5.66. The summed E-state index contributed by atoms with van der Waals surface area (Å²) in [5.41, 5.74) is -0.0447. The molecule has 120 valence electrons. The SMILES string of the molecule is CCOC(=O)c1cc(C)sc1NS(=O)(=O)NCC(F)(F)F. The summed E-state index contributed by atoms with van der Waals surface area (Å²) in [6.45, 7) is 1.58. The fourth-order valence-corrected chi connectivity index (χ4v) is 3.31. The molecule has 11 heteroatoms. The third kappa shape index (κ3) is 5.89. The summed E-state index contributed by atoms with van der Waals surface area (Å²) in [5.74, 6) is -0.754. The van der Waals surface area contributed by atoms with Crippen molar-refractivity contribution in [3.8, 4) is 0 Å². The molecule has 1 rings (SSSR count). The van der Waals surface area contributed by atoms with Crippen LogP contribution < -0.4 is 9.44 Å². The van der Waals surface area contributed by atoms with E-state index < -0.39 is 28.9 Å². The Kier molecular flexibility index (Phi) is 5.59. The van der Waals surface area contributed by atoms with Crippen molar-refractivity contribution in [3.05, 3.63) is 16.5 Å². The average molecular weight is 346 g/mol. The van der Waals surface area contributed by atoms with Crippen LogP contribution in [-0.4, -0.2) is 33.7 Å². The van der Waals surface area contributed by atoms with Crippen LogP contribution in [-0.2, 0) is 14.9 Å². The minimum Gasteiger partial charge on any atom is -0.462 e. The zero-order valence-electron chi connectivity index (χ0n) is 11.1. The number of rotatable bonds is 6. The molecular weight excluding hydrogens is 333 g/mol. The van der Waals surface area contributed by atoms with Crippen LogP contribution in [0.1, 0.15) is 22.2 Å². The molecule has 0 saturated heterocycles. The molecule has 0 aromatic carbocycles. The summed E-state index contributed by atoms with van der Waals surface area (Å²) in [6, 6.07) is 1.39. The Morgan fingerprint density at radius 1 is 1.43 bits per heavy atom. The number of carbonyl (C=O) groups excluding carboxylic acids is 1. The largest absolute Gasteiger partial charge is 0.462 e. The maximum absolute atomic E-state index is 12.0. The van der Waals surface area contributed by atoms with Crippen molar-refractivity contribution in [2.24, 2.45) is 0 Å². The molecule has 21 heavy (non-hydrogen) atoms. The van der Waals surface area contributed by atoms with Gasteiger partial charge in [0.2, 0.25) is 0 Å². The molecule has 0 amide bonds. The van der Waals surface area contributed by atoms with Crippen molar-refractivity contribution >= 4 is 32.5 Å². The molecule has 0 aliphatic heterocycles. The standard InChI is InChI=1S/C10H13F3N2O4S2/c1-3-19-9(16)7-4-6(2)20-8(7)15-21(17,18)14-5-10(11,12)13/h4,14-15H,3,5H2,1-2H3. The van der Waals surface area contributed by atoms with Gasteiger partial charge in [-0.2, -0.15) is 26.3 Å². The normalized spacial score (nSPS) is 12.2. The number of halogens is 3. The molecule has 2 N–H and O–H groups in total. The van der Waals surface area contributed by atoms with Crippen LogP contribution in [0.3, 0.4) is 0 Å². The number of esters is 1. The van der Waals surface area contributed by atoms with Crippen LogP contribution >= 0.6 is 11.3 Å². The Balaban J connectivity index is 2.89. The maximum Gasteiger partial charge on any atom is 0.402 e. The highest BCUT2D eigenvalue weighted by molar-refractivity contribution is 7.91. The molecule has 0 aliphatic carbocycles. The molecular formula is C10H13F3N2O4S2. The van der Waals surface area contributed by atoms with Crippen molar-refractivity contribution in [3.63, 3.8) is 0 Å². The van der Waals surface area contributed by atoms with Crippen LogP contribution in [0.15, 0.2) is 6.07 Å². The van der Waals surface area contributed by atoms with Crippen molar-refractivity contribution < 1.29 is 31.1 Å². The Labute approximate surface area is 123 Å². The third-order valence-electron chi connectivity index (χ3n) is 2.04. The minimum absolute atomic E-state index is 0.0447. The Morgan fingerprint density at radius 3 is 2.57 bits per heavy atom. The van der Waals surface area contributed by atoms with Gasteiger partial charge in [0.25, 0.3) is 10.2 Å². The number of anilines is 1. The first kappa shape index (κ1) is 17.7. The molecule has 6 nitrogen and oxygen atoms in total. The summed E-state index contributed by atoms with van der Waals surface area (Å²) in [4.78, 5) is 12.2. The molecule has 0 bridgehead atoms. The molecule has 0 fully saturated rings. The minimum atomic E-state index is -4.68. The lowest BCUT2D eigenvalue weighted by molar-refractivity contribution is -0.121. The van der Waals surface area contributed by atoms with Crippen molar-refractivity contribution in [2.75, 3.05) is 17.9 Å². The van der Waals surface area contributed by atoms with Gasteiger partial charge in [-0.25, -0.2) is 4.79 Å². The summed E-state index contributed by atoms with van der Waals surface area (Å²) in [5, 5.41) is -0.0966. The smallest absolute Gasteiger partial charge is 0.402 e. The van der Waals surface area contributed by atoms with Crippen LogP contribution in [0.2, 0.25) is 0 Å². The summed E-state index contributed by atoms with van der Waals surface area (Å²) >= 11 is 0.916. The van der Waals surface area contributed by atoms with Crippen LogP contribution in [0.5, 0.6) is 0 Å². The van der Waals surface area contributed by atoms with Gasteiger partial charge in [0.1, 0.15) is 11.5 Å². The highest BCUT2D eigenvalue weighted by Gasteiger charge is 2.30. The van der Waals surface area contributed by atoms with Crippen molar-refractivity contribution in [2.45, 2.75) is 20.0 Å². The number of aryl methyl sites for hydroxylation is 1. The molecule has 0 unspecified atom stereocenters. The van der Waals surface area contributed by atoms with E-state index in [0.717, 1.165) is 11.3 Å². The van der Waals surface area contributed by atoms with Gasteiger partial charge in [-0.3, -0.25) is 4.72 Å². The first-order valence-corrected chi connectivity index (χ1v) is 7.95. The number of hydrogen-bond acceptors (Lipinski definition) is 5. The quantitative estimate of drug-likeness (QED) is 0.772. The topological polar surface area (TPSA) is 84.5 Å². The number of ether oxygens (including phenoxy) is 1. The number of thiophene rings is 1. The highest BCUT2D eigenvalue weighted by atomic mass is 32.2. The predicted octanol–water partition coefficient (Wildman–Crippen LogP) is 2.04. The van der Waals surface area contributed by atoms with Crippen LogP contribution in [0, 0.1) is 6.92 Å². The molecule has 1 aromatic heterocycles. The second-order valence-electron chi connectivity index (χ2n) is 3.86. The number of alkyl halides is 3. The summed E-state index contributed by atoms with van der Waals surface area (Å²) < 4.78 is 67.1. The van der Waals surface area contributed by atoms with E-state index in [0.29, 0.717) is 4.88 Å². The Hall–Kier alpha value is -1.33. The molecule has 1 aromatic rings. The maximum atomic E-state index is 12.0. The Morgan fingerprint density at radius 2 is 2.05 bits per heavy atom. The van der Waals surface area contributed by atoms with E-state index >= 15 is 0 Å². The van der Waals surface area contributed by atoms with E-state index in [9.17, 15) is 26.4 Å². The van der Waals surface area contributed by atoms with Crippen LogP contribution in [0.25, 0.3) is 0 Å². The molecule has 0 aliphatic rings.